The molecule has 1 atom stereocenters. The summed E-state index contributed by atoms with van der Waals surface area (Å²) in [6.07, 6.45) is 1.66. The van der Waals surface area contributed by atoms with E-state index in [9.17, 15) is 4.79 Å². The fourth-order valence-electron chi connectivity index (χ4n) is 3.18. The van der Waals surface area contributed by atoms with Crippen LogP contribution in [0.2, 0.25) is 0 Å². The largest absolute Gasteiger partial charge is 0.439 e. The van der Waals surface area contributed by atoms with Crippen LogP contribution < -0.4 is 10.1 Å². The molecule has 6 heteroatoms. The molecule has 0 radical (unpaired) electrons. The van der Waals surface area contributed by atoms with Crippen molar-refractivity contribution >= 4 is 5.91 Å². The summed E-state index contributed by atoms with van der Waals surface area (Å²) in [6, 6.07) is 9.94. The molecule has 134 valence electrons. The Bertz CT molecular complexity index is 727. The first kappa shape index (κ1) is 17.5. The predicted molar refractivity (Wildman–Crippen MR) is 96.6 cm³/mol. The summed E-state index contributed by atoms with van der Waals surface area (Å²) in [6.45, 7) is 6.37. The average molecular weight is 342 g/mol. The van der Waals surface area contributed by atoms with Crippen molar-refractivity contribution in [2.45, 2.75) is 39.3 Å². The van der Waals surface area contributed by atoms with Crippen molar-refractivity contribution in [1.29, 1.82) is 0 Å². The van der Waals surface area contributed by atoms with Crippen molar-refractivity contribution < 1.29 is 9.53 Å². The number of aromatic nitrogens is 2. The maximum absolute atomic E-state index is 11.8. The average Bonchev–Trinajstić information content (AvgIpc) is 3.10. The Morgan fingerprint density at radius 1 is 1.32 bits per heavy atom. The molecule has 1 amide bonds. The minimum absolute atomic E-state index is 0.214. The molecule has 2 heterocycles. The van der Waals surface area contributed by atoms with E-state index in [2.05, 4.69) is 17.3 Å². The van der Waals surface area contributed by atoms with E-state index < -0.39 is 0 Å². The second-order valence-electron chi connectivity index (χ2n) is 6.63. The highest BCUT2D eigenvalue weighted by molar-refractivity contribution is 5.78. The lowest BCUT2D eigenvalue weighted by atomic mass is 10.2. The number of benzene rings is 1. The van der Waals surface area contributed by atoms with Crippen molar-refractivity contribution in [3.8, 4) is 11.6 Å². The second-order valence-corrected chi connectivity index (χ2v) is 6.63. The van der Waals surface area contributed by atoms with E-state index in [0.717, 1.165) is 42.4 Å². The Kier molecular flexibility index (Phi) is 5.38. The zero-order chi connectivity index (χ0) is 17.8. The van der Waals surface area contributed by atoms with E-state index in [1.807, 2.05) is 49.2 Å². The van der Waals surface area contributed by atoms with Gasteiger partial charge < -0.3 is 15.0 Å². The van der Waals surface area contributed by atoms with Crippen molar-refractivity contribution in [3.63, 3.8) is 0 Å². The molecule has 0 aliphatic carbocycles. The molecular formula is C19H26N4O2. The number of nitrogens with one attached hydrogen (secondary N) is 1. The van der Waals surface area contributed by atoms with Gasteiger partial charge in [0.05, 0.1) is 11.3 Å². The van der Waals surface area contributed by atoms with Gasteiger partial charge in [-0.15, -0.1) is 0 Å². The summed E-state index contributed by atoms with van der Waals surface area (Å²) < 4.78 is 7.81. The highest BCUT2D eigenvalue weighted by Crippen LogP contribution is 2.27. The van der Waals surface area contributed by atoms with Crippen molar-refractivity contribution in [2.24, 2.45) is 7.05 Å². The zero-order valence-electron chi connectivity index (χ0n) is 15.2. The van der Waals surface area contributed by atoms with Crippen LogP contribution in [0, 0.1) is 6.92 Å². The third-order valence-electron chi connectivity index (χ3n) is 4.54. The summed E-state index contributed by atoms with van der Waals surface area (Å²) in [5, 5.41) is 7.99. The standard InChI is InChI=1S/C19H26N4O2/c1-14(13-23-11-7-10-18(23)24)20-12-17-15(2)21-22(3)19(17)25-16-8-5-4-6-9-16/h4-6,8-9,14,20H,7,10-13H2,1-3H3/t14-/m0/s1. The van der Waals surface area contributed by atoms with Crippen molar-refractivity contribution in [2.75, 3.05) is 13.1 Å². The Balaban J connectivity index is 1.64. The predicted octanol–water partition coefficient (Wildman–Crippen LogP) is 2.62. The Labute approximate surface area is 148 Å². The number of carbonyl (C=O) groups is 1. The number of carbonyl (C=O) groups excluding carboxylic acids is 1. The van der Waals surface area contributed by atoms with Gasteiger partial charge in [-0.25, -0.2) is 4.68 Å². The number of ether oxygens (including phenoxy) is 1. The number of amides is 1. The van der Waals surface area contributed by atoms with Crippen LogP contribution in [0.5, 0.6) is 11.6 Å². The number of para-hydroxylation sites is 1. The third kappa shape index (κ3) is 4.20. The lowest BCUT2D eigenvalue weighted by Crippen LogP contribution is -2.39. The molecule has 1 N–H and O–H groups in total. The van der Waals surface area contributed by atoms with Gasteiger partial charge in [-0.2, -0.15) is 5.10 Å². The molecule has 25 heavy (non-hydrogen) atoms. The maximum Gasteiger partial charge on any atom is 0.222 e. The van der Waals surface area contributed by atoms with Crippen LogP contribution >= 0.6 is 0 Å². The van der Waals surface area contributed by atoms with Crippen LogP contribution in [-0.2, 0) is 18.4 Å². The van der Waals surface area contributed by atoms with Gasteiger partial charge in [-0.1, -0.05) is 18.2 Å². The van der Waals surface area contributed by atoms with E-state index in [0.29, 0.717) is 13.0 Å². The van der Waals surface area contributed by atoms with Gasteiger partial charge in [0, 0.05) is 39.1 Å². The Morgan fingerprint density at radius 3 is 2.76 bits per heavy atom. The zero-order valence-corrected chi connectivity index (χ0v) is 15.2. The monoisotopic (exact) mass is 342 g/mol. The van der Waals surface area contributed by atoms with E-state index in [-0.39, 0.29) is 11.9 Å². The molecule has 0 unspecified atom stereocenters. The smallest absolute Gasteiger partial charge is 0.222 e. The molecule has 0 spiro atoms. The van der Waals surface area contributed by atoms with Crippen LogP contribution in [0.1, 0.15) is 31.0 Å². The fraction of sp³-hybridized carbons (Fsp3) is 0.474. The van der Waals surface area contributed by atoms with E-state index in [1.54, 1.807) is 4.68 Å². The van der Waals surface area contributed by atoms with Crippen molar-refractivity contribution in [1.82, 2.24) is 20.0 Å². The first-order chi connectivity index (χ1) is 12.0. The lowest BCUT2D eigenvalue weighted by Gasteiger charge is -2.22. The Morgan fingerprint density at radius 2 is 2.08 bits per heavy atom. The maximum atomic E-state index is 11.8. The van der Waals surface area contributed by atoms with Gasteiger partial charge in [-0.3, -0.25) is 4.79 Å². The lowest BCUT2D eigenvalue weighted by molar-refractivity contribution is -0.127. The normalized spacial score (nSPS) is 15.6. The first-order valence-electron chi connectivity index (χ1n) is 8.81. The summed E-state index contributed by atoms with van der Waals surface area (Å²) in [4.78, 5) is 13.7. The molecule has 0 saturated carbocycles. The molecule has 6 nitrogen and oxygen atoms in total. The molecule has 1 saturated heterocycles. The van der Waals surface area contributed by atoms with Gasteiger partial charge in [-0.05, 0) is 32.4 Å². The minimum Gasteiger partial charge on any atom is -0.439 e. The van der Waals surface area contributed by atoms with Crippen LogP contribution in [0.4, 0.5) is 0 Å². The van der Waals surface area contributed by atoms with Gasteiger partial charge in [0.2, 0.25) is 11.8 Å². The number of rotatable bonds is 7. The number of aryl methyl sites for hydroxylation is 2. The third-order valence-corrected chi connectivity index (χ3v) is 4.54. The van der Waals surface area contributed by atoms with Crippen LogP contribution in [0.3, 0.4) is 0 Å². The summed E-state index contributed by atoms with van der Waals surface area (Å²) in [7, 11) is 1.89. The summed E-state index contributed by atoms with van der Waals surface area (Å²) in [5.41, 5.74) is 2.00. The number of nitrogens with zero attached hydrogens (tertiary/aromatic N) is 3. The van der Waals surface area contributed by atoms with E-state index in [1.165, 1.54) is 0 Å². The molecule has 3 rings (SSSR count). The quantitative estimate of drug-likeness (QED) is 0.840. The molecule has 1 aliphatic rings. The summed E-state index contributed by atoms with van der Waals surface area (Å²) >= 11 is 0. The Hall–Kier alpha value is -2.34. The van der Waals surface area contributed by atoms with Crippen LogP contribution in [0.25, 0.3) is 0 Å². The first-order valence-corrected chi connectivity index (χ1v) is 8.81. The van der Waals surface area contributed by atoms with Gasteiger partial charge in [0.15, 0.2) is 0 Å². The molecule has 1 aliphatic heterocycles. The molecule has 0 bridgehead atoms. The van der Waals surface area contributed by atoms with Crippen LogP contribution in [-0.4, -0.2) is 39.7 Å². The highest BCUT2D eigenvalue weighted by Gasteiger charge is 2.22. The van der Waals surface area contributed by atoms with Crippen molar-refractivity contribution in [3.05, 3.63) is 41.6 Å². The highest BCUT2D eigenvalue weighted by atomic mass is 16.5. The molecule has 2 aromatic rings. The number of hydrogen-bond acceptors (Lipinski definition) is 4. The fourth-order valence-corrected chi connectivity index (χ4v) is 3.18. The van der Waals surface area contributed by atoms with Gasteiger partial charge in [0.1, 0.15) is 5.75 Å². The minimum atomic E-state index is 0.214. The number of hydrogen-bond donors (Lipinski definition) is 1. The number of likely N-dealkylation sites (tertiary alicyclic amines) is 1. The summed E-state index contributed by atoms with van der Waals surface area (Å²) in [5.74, 6) is 1.81. The van der Waals surface area contributed by atoms with E-state index >= 15 is 0 Å². The van der Waals surface area contributed by atoms with Gasteiger partial charge in [0.25, 0.3) is 0 Å². The topological polar surface area (TPSA) is 59.4 Å². The molecule has 1 aromatic heterocycles. The van der Waals surface area contributed by atoms with Gasteiger partial charge >= 0.3 is 0 Å². The van der Waals surface area contributed by atoms with Crippen LogP contribution in [0.15, 0.2) is 30.3 Å². The molecule has 1 aromatic carbocycles. The SMILES string of the molecule is Cc1nn(C)c(Oc2ccccc2)c1CN[C@@H](C)CN1CCCC1=O. The molecular weight excluding hydrogens is 316 g/mol. The second kappa shape index (κ2) is 7.70. The van der Waals surface area contributed by atoms with E-state index in [4.69, 9.17) is 4.74 Å². The molecule has 1 fully saturated rings.